The maximum atomic E-state index is 12.1. The Morgan fingerprint density at radius 1 is 1.62 bits per heavy atom. The third kappa shape index (κ3) is 2.31. The van der Waals surface area contributed by atoms with Crippen LogP contribution in [0.15, 0.2) is 11.1 Å². The molecule has 5 nitrogen and oxygen atoms in total. The van der Waals surface area contributed by atoms with E-state index in [0.29, 0.717) is 19.7 Å². The van der Waals surface area contributed by atoms with E-state index in [1.165, 1.54) is 0 Å². The lowest BCUT2D eigenvalue weighted by Crippen LogP contribution is -2.34. The molecule has 16 heavy (non-hydrogen) atoms. The number of nitrogens with zero attached hydrogens (tertiary/aromatic N) is 2. The minimum Gasteiger partial charge on any atom is -0.385 e. The zero-order chi connectivity index (χ0) is 11.4. The predicted molar refractivity (Wildman–Crippen MR) is 60.4 cm³/mol. The lowest BCUT2D eigenvalue weighted by molar-refractivity contribution is 0.189. The highest BCUT2D eigenvalue weighted by molar-refractivity contribution is 5.19. The largest absolute Gasteiger partial charge is 0.385 e. The summed E-state index contributed by atoms with van der Waals surface area (Å²) in [5.41, 5.74) is 1.89. The van der Waals surface area contributed by atoms with Crippen LogP contribution in [-0.2, 0) is 24.2 Å². The van der Waals surface area contributed by atoms with Gasteiger partial charge in [-0.1, -0.05) is 0 Å². The molecule has 2 rings (SSSR count). The maximum absolute atomic E-state index is 12.1. The van der Waals surface area contributed by atoms with Crippen LogP contribution < -0.4 is 10.9 Å². The van der Waals surface area contributed by atoms with Crippen molar-refractivity contribution in [3.8, 4) is 0 Å². The van der Waals surface area contributed by atoms with Gasteiger partial charge in [0.15, 0.2) is 0 Å². The van der Waals surface area contributed by atoms with Crippen molar-refractivity contribution in [3.63, 3.8) is 0 Å². The number of methoxy groups -OCH3 is 1. The van der Waals surface area contributed by atoms with Crippen LogP contribution in [0.3, 0.4) is 0 Å². The lowest BCUT2D eigenvalue weighted by atomic mass is 10.1. The first-order valence-electron chi connectivity index (χ1n) is 5.60. The first kappa shape index (κ1) is 11.3. The molecule has 0 spiro atoms. The van der Waals surface area contributed by atoms with Crippen molar-refractivity contribution in [1.82, 2.24) is 14.9 Å². The fraction of sp³-hybridized carbons (Fsp3) is 0.636. The summed E-state index contributed by atoms with van der Waals surface area (Å²) in [5, 5.41) is 3.21. The first-order chi connectivity index (χ1) is 7.83. The number of nitrogens with one attached hydrogen (secondary N) is 1. The Kier molecular flexibility index (Phi) is 3.69. The fourth-order valence-electron chi connectivity index (χ4n) is 1.93. The van der Waals surface area contributed by atoms with Gasteiger partial charge in [-0.3, -0.25) is 9.36 Å². The van der Waals surface area contributed by atoms with Crippen molar-refractivity contribution in [3.05, 3.63) is 27.9 Å². The van der Waals surface area contributed by atoms with Gasteiger partial charge in [0.2, 0.25) is 0 Å². The normalized spacial score (nSPS) is 14.8. The minimum absolute atomic E-state index is 0.114. The van der Waals surface area contributed by atoms with Gasteiger partial charge in [0.05, 0.1) is 12.0 Å². The molecule has 0 saturated heterocycles. The molecule has 0 saturated carbocycles. The molecular formula is C11H17N3O2. The summed E-state index contributed by atoms with van der Waals surface area (Å²) in [7, 11) is 1.67. The van der Waals surface area contributed by atoms with Crippen LogP contribution in [0.25, 0.3) is 0 Å². The highest BCUT2D eigenvalue weighted by Crippen LogP contribution is 2.05. The van der Waals surface area contributed by atoms with E-state index in [-0.39, 0.29) is 5.56 Å². The van der Waals surface area contributed by atoms with E-state index in [1.54, 1.807) is 18.0 Å². The van der Waals surface area contributed by atoms with Crippen LogP contribution >= 0.6 is 0 Å². The van der Waals surface area contributed by atoms with Crippen LogP contribution in [-0.4, -0.2) is 29.8 Å². The molecule has 2 heterocycles. The number of rotatable bonds is 4. The molecule has 0 bridgehead atoms. The molecule has 1 aromatic rings. The van der Waals surface area contributed by atoms with Crippen LogP contribution in [0, 0.1) is 0 Å². The topological polar surface area (TPSA) is 56.2 Å². The summed E-state index contributed by atoms with van der Waals surface area (Å²) >= 11 is 0. The summed E-state index contributed by atoms with van der Waals surface area (Å²) in [6.07, 6.45) is 3.27. The number of ether oxygens (including phenoxy) is 1. The molecule has 1 aliphatic rings. The van der Waals surface area contributed by atoms with Gasteiger partial charge in [0.1, 0.15) is 0 Å². The SMILES string of the molecule is COCCCn1cnc2c(c1=O)CCNC2. The Bertz CT molecular complexity index is 414. The molecule has 0 aromatic carbocycles. The number of aromatic nitrogens is 2. The molecule has 0 radical (unpaired) electrons. The molecule has 0 unspecified atom stereocenters. The summed E-state index contributed by atoms with van der Waals surface area (Å²) in [6.45, 7) is 2.93. The van der Waals surface area contributed by atoms with E-state index < -0.39 is 0 Å². The summed E-state index contributed by atoms with van der Waals surface area (Å²) in [6, 6.07) is 0. The van der Waals surface area contributed by atoms with E-state index in [4.69, 9.17) is 4.74 Å². The Balaban J connectivity index is 2.17. The average molecular weight is 223 g/mol. The highest BCUT2D eigenvalue weighted by atomic mass is 16.5. The number of hydrogen-bond donors (Lipinski definition) is 1. The van der Waals surface area contributed by atoms with E-state index in [1.807, 2.05) is 0 Å². The third-order valence-electron chi connectivity index (χ3n) is 2.81. The quantitative estimate of drug-likeness (QED) is 0.726. The molecule has 0 fully saturated rings. The fourth-order valence-corrected chi connectivity index (χ4v) is 1.93. The zero-order valence-electron chi connectivity index (χ0n) is 9.53. The zero-order valence-corrected chi connectivity index (χ0v) is 9.53. The van der Waals surface area contributed by atoms with Crippen molar-refractivity contribution in [2.45, 2.75) is 25.9 Å². The number of aryl methyl sites for hydroxylation is 1. The Morgan fingerprint density at radius 2 is 2.50 bits per heavy atom. The standard InChI is InChI=1S/C11H17N3O2/c1-16-6-2-5-14-8-13-10-7-12-4-3-9(10)11(14)15/h8,12H,2-7H2,1H3. The Hall–Kier alpha value is -1.20. The molecule has 0 amide bonds. The van der Waals surface area contributed by atoms with E-state index in [2.05, 4.69) is 10.3 Å². The van der Waals surface area contributed by atoms with E-state index >= 15 is 0 Å². The van der Waals surface area contributed by atoms with Gasteiger partial charge in [-0.2, -0.15) is 0 Å². The van der Waals surface area contributed by atoms with E-state index in [9.17, 15) is 4.79 Å². The first-order valence-corrected chi connectivity index (χ1v) is 5.60. The average Bonchev–Trinajstić information content (AvgIpc) is 2.33. The van der Waals surface area contributed by atoms with Gasteiger partial charge in [-0.05, 0) is 19.4 Å². The van der Waals surface area contributed by atoms with Gasteiger partial charge in [0, 0.05) is 32.4 Å². The monoisotopic (exact) mass is 223 g/mol. The van der Waals surface area contributed by atoms with Crippen molar-refractivity contribution in [2.75, 3.05) is 20.3 Å². The summed E-state index contributed by atoms with van der Waals surface area (Å²) in [4.78, 5) is 16.4. The van der Waals surface area contributed by atoms with Crippen molar-refractivity contribution >= 4 is 0 Å². The molecule has 88 valence electrons. The van der Waals surface area contributed by atoms with Crippen LogP contribution in [0.5, 0.6) is 0 Å². The van der Waals surface area contributed by atoms with Gasteiger partial charge in [0.25, 0.3) is 5.56 Å². The molecule has 1 aromatic heterocycles. The minimum atomic E-state index is 0.114. The van der Waals surface area contributed by atoms with Gasteiger partial charge >= 0.3 is 0 Å². The molecule has 1 N–H and O–H groups in total. The van der Waals surface area contributed by atoms with Crippen LogP contribution in [0.4, 0.5) is 0 Å². The number of fused-ring (bicyclic) bond motifs is 1. The Morgan fingerprint density at radius 3 is 3.31 bits per heavy atom. The summed E-state index contributed by atoms with van der Waals surface area (Å²) in [5.74, 6) is 0. The highest BCUT2D eigenvalue weighted by Gasteiger charge is 2.14. The third-order valence-corrected chi connectivity index (χ3v) is 2.81. The molecule has 5 heteroatoms. The second kappa shape index (κ2) is 5.23. The predicted octanol–water partition coefficient (Wildman–Crippen LogP) is -0.0745. The van der Waals surface area contributed by atoms with Crippen LogP contribution in [0.1, 0.15) is 17.7 Å². The molecule has 0 atom stereocenters. The van der Waals surface area contributed by atoms with Gasteiger partial charge in [-0.25, -0.2) is 4.98 Å². The van der Waals surface area contributed by atoms with Gasteiger partial charge in [-0.15, -0.1) is 0 Å². The van der Waals surface area contributed by atoms with Crippen molar-refractivity contribution < 1.29 is 4.74 Å². The van der Waals surface area contributed by atoms with Crippen molar-refractivity contribution in [2.24, 2.45) is 0 Å². The lowest BCUT2D eigenvalue weighted by Gasteiger charge is -2.16. The second-order valence-electron chi connectivity index (χ2n) is 3.94. The van der Waals surface area contributed by atoms with Crippen molar-refractivity contribution in [1.29, 1.82) is 0 Å². The summed E-state index contributed by atoms with van der Waals surface area (Å²) < 4.78 is 6.65. The second-order valence-corrected chi connectivity index (χ2v) is 3.94. The maximum Gasteiger partial charge on any atom is 0.256 e. The smallest absolute Gasteiger partial charge is 0.256 e. The van der Waals surface area contributed by atoms with Crippen LogP contribution in [0.2, 0.25) is 0 Å². The Labute approximate surface area is 94.5 Å². The molecule has 0 aliphatic carbocycles. The molecule has 1 aliphatic heterocycles. The molecular weight excluding hydrogens is 206 g/mol. The number of hydrogen-bond acceptors (Lipinski definition) is 4. The van der Waals surface area contributed by atoms with E-state index in [0.717, 1.165) is 30.6 Å². The van der Waals surface area contributed by atoms with Gasteiger partial charge < -0.3 is 10.1 Å².